The molecule has 0 amide bonds. The number of carboxylic acids is 1. The fraction of sp³-hybridized carbons (Fsp3) is 0.909. The second-order valence-corrected chi connectivity index (χ2v) is 4.77. The molecular formula is C11H21NO2. The molecule has 3 nitrogen and oxygen atoms in total. The van der Waals surface area contributed by atoms with Crippen molar-refractivity contribution in [2.75, 3.05) is 6.54 Å². The molecule has 3 atom stereocenters. The average molecular weight is 199 g/mol. The lowest BCUT2D eigenvalue weighted by atomic mass is 10.00. The van der Waals surface area contributed by atoms with Crippen molar-refractivity contribution in [1.29, 1.82) is 0 Å². The van der Waals surface area contributed by atoms with Gasteiger partial charge in [0, 0.05) is 6.04 Å². The van der Waals surface area contributed by atoms with Crippen LogP contribution >= 0.6 is 0 Å². The second kappa shape index (κ2) is 4.30. The van der Waals surface area contributed by atoms with E-state index in [2.05, 4.69) is 25.7 Å². The highest BCUT2D eigenvalue weighted by atomic mass is 16.4. The highest BCUT2D eigenvalue weighted by Crippen LogP contribution is 2.28. The minimum Gasteiger partial charge on any atom is -0.480 e. The molecule has 1 heterocycles. The Hall–Kier alpha value is -0.570. The molecule has 82 valence electrons. The molecule has 1 fully saturated rings. The van der Waals surface area contributed by atoms with E-state index in [9.17, 15) is 4.79 Å². The van der Waals surface area contributed by atoms with Gasteiger partial charge in [0.1, 0.15) is 6.04 Å². The number of carboxylic acid groups (broad SMARTS) is 1. The smallest absolute Gasteiger partial charge is 0.321 e. The Labute approximate surface area is 86.1 Å². The highest BCUT2D eigenvalue weighted by Gasteiger charge is 2.39. The Morgan fingerprint density at radius 3 is 2.43 bits per heavy atom. The topological polar surface area (TPSA) is 40.5 Å². The zero-order valence-electron chi connectivity index (χ0n) is 9.53. The summed E-state index contributed by atoms with van der Waals surface area (Å²) < 4.78 is 0. The highest BCUT2D eigenvalue weighted by molar-refractivity contribution is 5.74. The predicted molar refractivity (Wildman–Crippen MR) is 56.2 cm³/mol. The van der Waals surface area contributed by atoms with E-state index in [1.54, 1.807) is 0 Å². The van der Waals surface area contributed by atoms with Gasteiger partial charge in [-0.3, -0.25) is 9.69 Å². The molecule has 0 spiro atoms. The van der Waals surface area contributed by atoms with Crippen LogP contribution < -0.4 is 0 Å². The molecule has 3 heteroatoms. The Balaban J connectivity index is 2.74. The van der Waals surface area contributed by atoms with Crippen molar-refractivity contribution in [2.45, 2.75) is 46.2 Å². The van der Waals surface area contributed by atoms with Crippen LogP contribution in [0.15, 0.2) is 0 Å². The van der Waals surface area contributed by atoms with Crippen molar-refractivity contribution in [1.82, 2.24) is 4.90 Å². The van der Waals surface area contributed by atoms with E-state index in [4.69, 9.17) is 5.11 Å². The Bertz CT molecular complexity index is 215. The van der Waals surface area contributed by atoms with Crippen LogP contribution in [0.2, 0.25) is 0 Å². The third kappa shape index (κ3) is 2.08. The summed E-state index contributed by atoms with van der Waals surface area (Å²) in [7, 11) is 0. The van der Waals surface area contributed by atoms with E-state index >= 15 is 0 Å². The summed E-state index contributed by atoms with van der Waals surface area (Å²) >= 11 is 0. The van der Waals surface area contributed by atoms with Gasteiger partial charge in [0.25, 0.3) is 0 Å². The van der Waals surface area contributed by atoms with Gasteiger partial charge in [-0.2, -0.15) is 0 Å². The quantitative estimate of drug-likeness (QED) is 0.753. The van der Waals surface area contributed by atoms with Crippen LogP contribution in [0.25, 0.3) is 0 Å². The Morgan fingerprint density at radius 1 is 1.43 bits per heavy atom. The lowest BCUT2D eigenvalue weighted by molar-refractivity contribution is -0.144. The van der Waals surface area contributed by atoms with Crippen LogP contribution in [-0.4, -0.2) is 34.6 Å². The molecule has 0 aromatic carbocycles. The molecule has 1 N–H and O–H groups in total. The van der Waals surface area contributed by atoms with Crippen molar-refractivity contribution in [2.24, 2.45) is 11.8 Å². The summed E-state index contributed by atoms with van der Waals surface area (Å²) in [4.78, 5) is 13.2. The molecule has 1 rings (SSSR count). The monoisotopic (exact) mass is 199 g/mol. The van der Waals surface area contributed by atoms with Gasteiger partial charge in [0.15, 0.2) is 0 Å². The first-order valence-corrected chi connectivity index (χ1v) is 5.43. The fourth-order valence-electron chi connectivity index (χ4n) is 2.20. The molecule has 3 unspecified atom stereocenters. The van der Waals surface area contributed by atoms with E-state index in [0.717, 1.165) is 13.0 Å². The minimum absolute atomic E-state index is 0.271. The van der Waals surface area contributed by atoms with Gasteiger partial charge in [-0.1, -0.05) is 20.8 Å². The van der Waals surface area contributed by atoms with Gasteiger partial charge in [-0.25, -0.2) is 0 Å². The van der Waals surface area contributed by atoms with Crippen LogP contribution in [-0.2, 0) is 4.79 Å². The summed E-state index contributed by atoms with van der Waals surface area (Å²) in [6.45, 7) is 9.38. The fourth-order valence-corrected chi connectivity index (χ4v) is 2.20. The molecule has 0 aromatic heterocycles. The number of likely N-dealkylation sites (tertiary alicyclic amines) is 1. The van der Waals surface area contributed by atoms with Crippen molar-refractivity contribution < 1.29 is 9.90 Å². The molecule has 0 aromatic rings. The standard InChI is InChI=1S/C11H21NO2/c1-7(2)9(4)12-6-5-8(3)10(12)11(13)14/h7-10H,5-6H2,1-4H3,(H,13,14). The zero-order valence-corrected chi connectivity index (χ0v) is 9.53. The van der Waals surface area contributed by atoms with Crippen LogP contribution in [0.4, 0.5) is 0 Å². The van der Waals surface area contributed by atoms with Gasteiger partial charge in [-0.05, 0) is 31.7 Å². The first-order valence-electron chi connectivity index (χ1n) is 5.43. The van der Waals surface area contributed by atoms with E-state index < -0.39 is 5.97 Å². The summed E-state index contributed by atoms with van der Waals surface area (Å²) in [6.07, 6.45) is 1.01. The number of aliphatic carboxylic acids is 1. The van der Waals surface area contributed by atoms with Gasteiger partial charge in [0.05, 0.1) is 0 Å². The Kier molecular flexibility index (Phi) is 3.53. The summed E-state index contributed by atoms with van der Waals surface area (Å²) in [5.74, 6) is 0.137. The summed E-state index contributed by atoms with van der Waals surface area (Å²) in [5, 5.41) is 9.14. The molecule has 0 saturated carbocycles. The van der Waals surface area contributed by atoms with E-state index in [1.807, 2.05) is 6.92 Å². The number of rotatable bonds is 3. The second-order valence-electron chi connectivity index (χ2n) is 4.77. The zero-order chi connectivity index (χ0) is 10.9. The maximum atomic E-state index is 11.1. The Morgan fingerprint density at radius 2 is 2.00 bits per heavy atom. The first kappa shape index (κ1) is 11.5. The largest absolute Gasteiger partial charge is 0.480 e. The minimum atomic E-state index is -0.664. The van der Waals surface area contributed by atoms with E-state index in [0.29, 0.717) is 12.0 Å². The van der Waals surface area contributed by atoms with Crippen molar-refractivity contribution in [3.05, 3.63) is 0 Å². The van der Waals surface area contributed by atoms with Crippen molar-refractivity contribution >= 4 is 5.97 Å². The maximum Gasteiger partial charge on any atom is 0.321 e. The molecule has 1 aliphatic rings. The summed E-state index contributed by atoms with van der Waals surface area (Å²) in [5.41, 5.74) is 0. The average Bonchev–Trinajstić information content (AvgIpc) is 2.45. The molecule has 0 bridgehead atoms. The number of carbonyl (C=O) groups is 1. The molecule has 0 radical (unpaired) electrons. The normalized spacial score (nSPS) is 30.9. The number of hydrogen-bond donors (Lipinski definition) is 1. The molecule has 1 aliphatic heterocycles. The van der Waals surface area contributed by atoms with Crippen LogP contribution in [0.5, 0.6) is 0 Å². The third-order valence-corrected chi connectivity index (χ3v) is 3.48. The van der Waals surface area contributed by atoms with Gasteiger partial charge >= 0.3 is 5.97 Å². The molecule has 0 aliphatic carbocycles. The van der Waals surface area contributed by atoms with E-state index in [1.165, 1.54) is 0 Å². The number of hydrogen-bond acceptors (Lipinski definition) is 2. The first-order chi connectivity index (χ1) is 6.45. The van der Waals surface area contributed by atoms with Crippen LogP contribution in [0, 0.1) is 11.8 Å². The maximum absolute atomic E-state index is 11.1. The summed E-state index contributed by atoms with van der Waals surface area (Å²) in [6, 6.07) is 0.0912. The molecule has 14 heavy (non-hydrogen) atoms. The van der Waals surface area contributed by atoms with Crippen LogP contribution in [0.3, 0.4) is 0 Å². The van der Waals surface area contributed by atoms with Crippen molar-refractivity contribution in [3.8, 4) is 0 Å². The third-order valence-electron chi connectivity index (χ3n) is 3.48. The molecule has 1 saturated heterocycles. The van der Waals surface area contributed by atoms with E-state index in [-0.39, 0.29) is 12.0 Å². The molecular weight excluding hydrogens is 178 g/mol. The van der Waals surface area contributed by atoms with Gasteiger partial charge in [-0.15, -0.1) is 0 Å². The number of nitrogens with zero attached hydrogens (tertiary/aromatic N) is 1. The van der Waals surface area contributed by atoms with Gasteiger partial charge < -0.3 is 5.11 Å². The SMILES string of the molecule is CC(C)C(C)N1CCC(C)C1C(=O)O. The lowest BCUT2D eigenvalue weighted by Crippen LogP contribution is -2.45. The van der Waals surface area contributed by atoms with Crippen LogP contribution in [0.1, 0.15) is 34.1 Å². The van der Waals surface area contributed by atoms with Crippen molar-refractivity contribution in [3.63, 3.8) is 0 Å². The lowest BCUT2D eigenvalue weighted by Gasteiger charge is -2.32. The predicted octanol–water partition coefficient (Wildman–Crippen LogP) is 1.83. The van der Waals surface area contributed by atoms with Gasteiger partial charge in [0.2, 0.25) is 0 Å².